The second-order valence-electron chi connectivity index (χ2n) is 5.46. The molecule has 3 atom stereocenters. The zero-order valence-electron chi connectivity index (χ0n) is 9.28. The number of nitrogens with one attached hydrogen (secondary N) is 1. The molecule has 14 heavy (non-hydrogen) atoms. The van der Waals surface area contributed by atoms with Crippen LogP contribution in [0.3, 0.4) is 0 Å². The van der Waals surface area contributed by atoms with E-state index < -0.39 is 0 Å². The van der Waals surface area contributed by atoms with Crippen molar-refractivity contribution in [2.45, 2.75) is 38.4 Å². The summed E-state index contributed by atoms with van der Waals surface area (Å²) in [6.07, 6.45) is 2.18. The van der Waals surface area contributed by atoms with Gasteiger partial charge in [0, 0.05) is 11.9 Å². The summed E-state index contributed by atoms with van der Waals surface area (Å²) in [6.45, 7) is 6.75. The van der Waals surface area contributed by atoms with Gasteiger partial charge in [-0.3, -0.25) is 4.79 Å². The maximum Gasteiger partial charge on any atom is 0.227 e. The summed E-state index contributed by atoms with van der Waals surface area (Å²) in [7, 11) is 1.74. The number of alkyl halides is 1. The van der Waals surface area contributed by atoms with Crippen molar-refractivity contribution in [1.29, 1.82) is 0 Å². The van der Waals surface area contributed by atoms with Gasteiger partial charge >= 0.3 is 0 Å². The van der Waals surface area contributed by atoms with Crippen molar-refractivity contribution in [3.05, 3.63) is 0 Å². The van der Waals surface area contributed by atoms with Crippen LogP contribution in [-0.2, 0) is 4.79 Å². The highest BCUT2D eigenvalue weighted by molar-refractivity contribution is 9.09. The lowest BCUT2D eigenvalue weighted by molar-refractivity contribution is -0.161. The Hall–Kier alpha value is -0.0500. The van der Waals surface area contributed by atoms with Gasteiger partial charge in [-0.2, -0.15) is 0 Å². The molecule has 0 heterocycles. The lowest BCUT2D eigenvalue weighted by Crippen LogP contribution is -2.69. The Morgan fingerprint density at radius 3 is 2.21 bits per heavy atom. The molecule has 1 amide bonds. The summed E-state index contributed by atoms with van der Waals surface area (Å²) >= 11 is 3.72. The third-order valence-corrected chi connectivity index (χ3v) is 7.00. The van der Waals surface area contributed by atoms with Crippen molar-refractivity contribution in [1.82, 2.24) is 5.32 Å². The quantitative estimate of drug-likeness (QED) is 0.720. The van der Waals surface area contributed by atoms with Crippen molar-refractivity contribution < 1.29 is 4.79 Å². The molecule has 3 fully saturated rings. The van der Waals surface area contributed by atoms with Crippen LogP contribution in [0.1, 0.15) is 33.6 Å². The molecule has 0 aromatic carbocycles. The standard InChI is InChI=1S/C11H18BrNO/c1-9(2)10(3)5-6-11(9,7(10)12)8(14)13-4/h7H,5-6H2,1-4H3,(H,13,14)/t7-,10+,11+/m1/s1. The first-order valence-corrected chi connectivity index (χ1v) is 6.12. The molecular formula is C11H18BrNO. The summed E-state index contributed by atoms with van der Waals surface area (Å²) in [6, 6.07) is 0. The molecule has 0 unspecified atom stereocenters. The smallest absolute Gasteiger partial charge is 0.227 e. The Labute approximate surface area is 94.0 Å². The van der Waals surface area contributed by atoms with Gasteiger partial charge in [0.1, 0.15) is 0 Å². The third kappa shape index (κ3) is 0.709. The molecule has 3 rings (SSSR count). The topological polar surface area (TPSA) is 29.1 Å². The minimum atomic E-state index is -0.170. The second kappa shape index (κ2) is 2.55. The fourth-order valence-corrected chi connectivity index (χ4v) is 5.49. The van der Waals surface area contributed by atoms with Gasteiger partial charge < -0.3 is 5.32 Å². The number of carbonyl (C=O) groups is 1. The number of amides is 1. The molecule has 0 radical (unpaired) electrons. The van der Waals surface area contributed by atoms with E-state index in [4.69, 9.17) is 0 Å². The van der Waals surface area contributed by atoms with Crippen molar-refractivity contribution in [3.63, 3.8) is 0 Å². The van der Waals surface area contributed by atoms with Crippen molar-refractivity contribution >= 4 is 21.8 Å². The third-order valence-electron chi connectivity index (χ3n) is 5.21. The van der Waals surface area contributed by atoms with E-state index in [-0.39, 0.29) is 16.7 Å². The Morgan fingerprint density at radius 2 is 1.93 bits per heavy atom. The van der Waals surface area contributed by atoms with Crippen LogP contribution in [0.25, 0.3) is 0 Å². The predicted octanol–water partition coefficient (Wildman–Crippen LogP) is 2.32. The van der Waals surface area contributed by atoms with Gasteiger partial charge in [-0.05, 0) is 23.7 Å². The van der Waals surface area contributed by atoms with Gasteiger partial charge in [0.25, 0.3) is 0 Å². The Morgan fingerprint density at radius 1 is 1.36 bits per heavy atom. The van der Waals surface area contributed by atoms with Crippen LogP contribution in [0.15, 0.2) is 0 Å². The summed E-state index contributed by atoms with van der Waals surface area (Å²) in [5, 5.41) is 2.82. The van der Waals surface area contributed by atoms with Crippen LogP contribution in [-0.4, -0.2) is 17.8 Å². The number of hydrogen-bond donors (Lipinski definition) is 1. The maximum absolute atomic E-state index is 12.0. The lowest BCUT2D eigenvalue weighted by atomic mass is 9.43. The van der Waals surface area contributed by atoms with E-state index >= 15 is 0 Å². The summed E-state index contributed by atoms with van der Waals surface area (Å²) in [5.74, 6) is 0.208. The highest BCUT2D eigenvalue weighted by Crippen LogP contribution is 2.79. The molecular weight excluding hydrogens is 242 g/mol. The maximum atomic E-state index is 12.0. The van der Waals surface area contributed by atoms with Crippen LogP contribution < -0.4 is 5.32 Å². The van der Waals surface area contributed by atoms with E-state index in [9.17, 15) is 4.79 Å². The zero-order chi connectivity index (χ0) is 10.8. The molecule has 0 aromatic rings. The summed E-state index contributed by atoms with van der Waals surface area (Å²) < 4.78 is 0. The number of rotatable bonds is 1. The van der Waals surface area contributed by atoms with Crippen LogP contribution in [0.2, 0.25) is 0 Å². The van der Waals surface area contributed by atoms with Crippen molar-refractivity contribution in [3.8, 4) is 0 Å². The number of fused-ring (bicyclic) bond motifs is 1. The SMILES string of the molecule is CNC(=O)[C@]12CC[C@@](C)([C@H]1Br)C2(C)C. The van der Waals surface area contributed by atoms with Crippen LogP contribution >= 0.6 is 15.9 Å². The monoisotopic (exact) mass is 259 g/mol. The van der Waals surface area contributed by atoms with E-state index in [1.54, 1.807) is 7.05 Å². The Kier molecular flexibility index (Phi) is 1.90. The molecule has 2 nitrogen and oxygen atoms in total. The van der Waals surface area contributed by atoms with Gasteiger partial charge in [0.15, 0.2) is 0 Å². The van der Waals surface area contributed by atoms with Crippen molar-refractivity contribution in [2.24, 2.45) is 16.2 Å². The number of halogens is 1. The number of hydrogen-bond acceptors (Lipinski definition) is 1. The van der Waals surface area contributed by atoms with Gasteiger partial charge in [-0.1, -0.05) is 36.7 Å². The number of carbonyl (C=O) groups excluding carboxylic acids is 1. The van der Waals surface area contributed by atoms with E-state index in [0.717, 1.165) is 12.8 Å². The average molecular weight is 260 g/mol. The molecule has 80 valence electrons. The highest BCUT2D eigenvalue weighted by atomic mass is 79.9. The summed E-state index contributed by atoms with van der Waals surface area (Å²) in [4.78, 5) is 12.3. The normalized spacial score (nSPS) is 48.5. The minimum absolute atomic E-state index is 0.119. The molecule has 3 aliphatic carbocycles. The molecule has 3 aliphatic rings. The molecule has 3 saturated carbocycles. The van der Waals surface area contributed by atoms with E-state index in [0.29, 0.717) is 10.2 Å². The summed E-state index contributed by atoms with van der Waals surface area (Å²) in [5.41, 5.74) is 0.240. The van der Waals surface area contributed by atoms with Crippen molar-refractivity contribution in [2.75, 3.05) is 7.05 Å². The van der Waals surface area contributed by atoms with Gasteiger partial charge in [0.05, 0.1) is 5.41 Å². The highest BCUT2D eigenvalue weighted by Gasteiger charge is 2.79. The van der Waals surface area contributed by atoms with E-state index in [2.05, 4.69) is 42.0 Å². The van der Waals surface area contributed by atoms with E-state index in [1.165, 1.54) is 0 Å². The first-order chi connectivity index (χ1) is 6.34. The zero-order valence-corrected chi connectivity index (χ0v) is 10.9. The van der Waals surface area contributed by atoms with Crippen LogP contribution in [0.5, 0.6) is 0 Å². The van der Waals surface area contributed by atoms with Gasteiger partial charge in [-0.25, -0.2) is 0 Å². The minimum Gasteiger partial charge on any atom is -0.359 e. The lowest BCUT2D eigenvalue weighted by Gasteiger charge is -2.64. The molecule has 1 N–H and O–H groups in total. The predicted molar refractivity (Wildman–Crippen MR) is 60.3 cm³/mol. The fourth-order valence-electron chi connectivity index (χ4n) is 3.68. The molecule has 0 aliphatic heterocycles. The molecule has 0 saturated heterocycles. The van der Waals surface area contributed by atoms with Gasteiger partial charge in [-0.15, -0.1) is 0 Å². The first-order valence-electron chi connectivity index (χ1n) is 5.21. The average Bonchev–Trinajstić information content (AvgIpc) is 2.54. The molecule has 0 aromatic heterocycles. The Balaban J connectivity index is 2.44. The second-order valence-corrected chi connectivity index (χ2v) is 6.37. The van der Waals surface area contributed by atoms with Crippen LogP contribution in [0, 0.1) is 16.2 Å². The van der Waals surface area contributed by atoms with E-state index in [1.807, 2.05) is 0 Å². The molecule has 3 heteroatoms. The molecule has 0 spiro atoms. The van der Waals surface area contributed by atoms with Gasteiger partial charge in [0.2, 0.25) is 5.91 Å². The largest absolute Gasteiger partial charge is 0.359 e. The fraction of sp³-hybridized carbons (Fsp3) is 0.909. The van der Waals surface area contributed by atoms with Crippen LogP contribution in [0.4, 0.5) is 0 Å². The Bertz CT molecular complexity index is 302. The molecule has 2 bridgehead atoms. The first kappa shape index (κ1) is 10.5.